The van der Waals surface area contributed by atoms with E-state index in [2.05, 4.69) is 59.7 Å². The van der Waals surface area contributed by atoms with Crippen LogP contribution >= 0.6 is 0 Å². The van der Waals surface area contributed by atoms with Crippen molar-refractivity contribution < 1.29 is 9.47 Å². The van der Waals surface area contributed by atoms with Crippen LogP contribution in [-0.2, 0) is 13.0 Å². The van der Waals surface area contributed by atoms with Gasteiger partial charge in [0.1, 0.15) is 5.82 Å². The zero-order chi connectivity index (χ0) is 22.9. The zero-order valence-electron chi connectivity index (χ0n) is 19.1. The normalized spacial score (nSPS) is 11.2. The molecule has 4 nitrogen and oxygen atoms in total. The third-order valence-corrected chi connectivity index (χ3v) is 5.55. The number of nitrogens with zero attached hydrogens (tertiary/aromatic N) is 2. The first-order chi connectivity index (χ1) is 16.3. The van der Waals surface area contributed by atoms with Gasteiger partial charge < -0.3 is 14.0 Å². The summed E-state index contributed by atoms with van der Waals surface area (Å²) in [7, 11) is 1.68. The van der Waals surface area contributed by atoms with E-state index in [1.807, 2.05) is 42.5 Å². The summed E-state index contributed by atoms with van der Waals surface area (Å²) in [4.78, 5) is 4.84. The molecule has 0 aliphatic carbocycles. The summed E-state index contributed by atoms with van der Waals surface area (Å²) in [6, 6.07) is 24.7. The first-order valence-corrected chi connectivity index (χ1v) is 11.4. The molecule has 0 saturated heterocycles. The smallest absolute Gasteiger partial charge is 0.161 e. The molecule has 0 N–H and O–H groups in total. The lowest BCUT2D eigenvalue weighted by Gasteiger charge is -2.12. The average molecular weight is 439 g/mol. The monoisotopic (exact) mass is 438 g/mol. The predicted octanol–water partition coefficient (Wildman–Crippen LogP) is 6.80. The summed E-state index contributed by atoms with van der Waals surface area (Å²) in [5, 5.41) is 0. The van der Waals surface area contributed by atoms with Crippen molar-refractivity contribution in [2.45, 2.75) is 25.8 Å². The van der Waals surface area contributed by atoms with E-state index < -0.39 is 0 Å². The van der Waals surface area contributed by atoms with E-state index in [1.54, 1.807) is 7.11 Å². The standard InChI is InChI=1S/C29H30N2O2/c1-3-11-24-16-18-27(28(22-24)32-2)33-21-10-9-20-31-26-15-8-7-14-25(26)30-29(31)19-17-23-12-5-4-6-13-23/h3-8,12-19,22H,1,9-11,20-21H2,2H3/b19-17+. The van der Waals surface area contributed by atoms with Gasteiger partial charge in [0, 0.05) is 6.54 Å². The van der Waals surface area contributed by atoms with Gasteiger partial charge in [-0.25, -0.2) is 4.98 Å². The molecule has 0 aliphatic heterocycles. The molecule has 168 valence electrons. The van der Waals surface area contributed by atoms with Crippen LogP contribution in [0.15, 0.2) is 85.5 Å². The Morgan fingerprint density at radius 1 is 0.909 bits per heavy atom. The number of fused-ring (bicyclic) bond motifs is 1. The summed E-state index contributed by atoms with van der Waals surface area (Å²) in [5.74, 6) is 2.52. The minimum Gasteiger partial charge on any atom is -0.493 e. The number of unbranched alkanes of at least 4 members (excludes halogenated alkanes) is 1. The summed E-state index contributed by atoms with van der Waals surface area (Å²) >= 11 is 0. The van der Waals surface area contributed by atoms with Gasteiger partial charge in [0.25, 0.3) is 0 Å². The van der Waals surface area contributed by atoms with Crippen molar-refractivity contribution in [3.8, 4) is 11.5 Å². The lowest BCUT2D eigenvalue weighted by atomic mass is 10.1. The molecule has 0 saturated carbocycles. The summed E-state index contributed by atoms with van der Waals surface area (Å²) in [6.07, 6.45) is 8.84. The fraction of sp³-hybridized carbons (Fsp3) is 0.207. The van der Waals surface area contributed by atoms with Crippen molar-refractivity contribution in [2.24, 2.45) is 0 Å². The van der Waals surface area contributed by atoms with Crippen LogP contribution in [0.2, 0.25) is 0 Å². The van der Waals surface area contributed by atoms with E-state index in [4.69, 9.17) is 14.5 Å². The van der Waals surface area contributed by atoms with Crippen LogP contribution in [0.3, 0.4) is 0 Å². The van der Waals surface area contributed by atoms with E-state index >= 15 is 0 Å². The van der Waals surface area contributed by atoms with Crippen LogP contribution in [-0.4, -0.2) is 23.3 Å². The van der Waals surface area contributed by atoms with Crippen molar-refractivity contribution in [1.82, 2.24) is 9.55 Å². The first kappa shape index (κ1) is 22.4. The van der Waals surface area contributed by atoms with Gasteiger partial charge in [-0.15, -0.1) is 6.58 Å². The predicted molar refractivity (Wildman–Crippen MR) is 137 cm³/mol. The number of aryl methyl sites for hydroxylation is 1. The molecular formula is C29H30N2O2. The van der Waals surface area contributed by atoms with E-state index in [0.717, 1.165) is 65.3 Å². The second-order valence-electron chi connectivity index (χ2n) is 7.89. The maximum atomic E-state index is 6.01. The number of imidazole rings is 1. The van der Waals surface area contributed by atoms with Crippen LogP contribution in [0.4, 0.5) is 0 Å². The molecule has 33 heavy (non-hydrogen) atoms. The highest BCUT2D eigenvalue weighted by Crippen LogP contribution is 2.28. The molecule has 1 aromatic heterocycles. The largest absolute Gasteiger partial charge is 0.493 e. The molecule has 1 heterocycles. The van der Waals surface area contributed by atoms with Gasteiger partial charge in [-0.2, -0.15) is 0 Å². The van der Waals surface area contributed by atoms with Crippen LogP contribution in [0.25, 0.3) is 23.2 Å². The Morgan fingerprint density at radius 2 is 1.73 bits per heavy atom. The maximum Gasteiger partial charge on any atom is 0.161 e. The second kappa shape index (κ2) is 11.2. The highest BCUT2D eigenvalue weighted by Gasteiger charge is 2.09. The summed E-state index contributed by atoms with van der Waals surface area (Å²) in [6.45, 7) is 5.31. The number of rotatable bonds is 11. The molecule has 0 unspecified atom stereocenters. The molecule has 0 bridgehead atoms. The molecule has 0 fully saturated rings. The van der Waals surface area contributed by atoms with Crippen molar-refractivity contribution in [3.05, 3.63) is 102 Å². The van der Waals surface area contributed by atoms with Crippen molar-refractivity contribution >= 4 is 23.2 Å². The lowest BCUT2D eigenvalue weighted by molar-refractivity contribution is 0.284. The SMILES string of the molecule is C=CCc1ccc(OCCCCn2c(/C=C/c3ccccc3)nc3ccccc32)c(OC)c1. The third-order valence-electron chi connectivity index (χ3n) is 5.55. The Hall–Kier alpha value is -3.79. The van der Waals surface area contributed by atoms with Crippen LogP contribution in [0, 0.1) is 0 Å². The molecular weight excluding hydrogens is 408 g/mol. The highest BCUT2D eigenvalue weighted by atomic mass is 16.5. The third kappa shape index (κ3) is 5.72. The Morgan fingerprint density at radius 3 is 2.55 bits per heavy atom. The fourth-order valence-electron chi connectivity index (χ4n) is 3.87. The van der Waals surface area contributed by atoms with Crippen LogP contribution < -0.4 is 9.47 Å². The Kier molecular flexibility index (Phi) is 7.60. The molecule has 0 aliphatic rings. The van der Waals surface area contributed by atoms with Crippen molar-refractivity contribution in [2.75, 3.05) is 13.7 Å². The van der Waals surface area contributed by atoms with Gasteiger partial charge in [-0.1, -0.05) is 60.7 Å². The van der Waals surface area contributed by atoms with E-state index in [9.17, 15) is 0 Å². The number of hydrogen-bond donors (Lipinski definition) is 0. The van der Waals surface area contributed by atoms with Crippen LogP contribution in [0.1, 0.15) is 29.8 Å². The number of hydrogen-bond acceptors (Lipinski definition) is 3. The maximum absolute atomic E-state index is 6.01. The van der Waals surface area contributed by atoms with E-state index in [0.29, 0.717) is 6.61 Å². The van der Waals surface area contributed by atoms with Gasteiger partial charge in [-0.3, -0.25) is 0 Å². The molecule has 0 radical (unpaired) electrons. The number of methoxy groups -OCH3 is 1. The second-order valence-corrected chi connectivity index (χ2v) is 7.89. The van der Waals surface area contributed by atoms with Gasteiger partial charge >= 0.3 is 0 Å². The van der Waals surface area contributed by atoms with Gasteiger partial charge in [-0.05, 0) is 60.7 Å². The molecule has 4 aromatic rings. The highest BCUT2D eigenvalue weighted by molar-refractivity contribution is 5.79. The lowest BCUT2D eigenvalue weighted by Crippen LogP contribution is -2.04. The molecule has 4 rings (SSSR count). The van der Waals surface area contributed by atoms with Gasteiger partial charge in [0.2, 0.25) is 0 Å². The van der Waals surface area contributed by atoms with Crippen LogP contribution in [0.5, 0.6) is 11.5 Å². The number of aromatic nitrogens is 2. The topological polar surface area (TPSA) is 36.3 Å². The first-order valence-electron chi connectivity index (χ1n) is 11.4. The fourth-order valence-corrected chi connectivity index (χ4v) is 3.87. The Bertz CT molecular complexity index is 1230. The molecule has 0 atom stereocenters. The minimum absolute atomic E-state index is 0.638. The molecule has 0 amide bonds. The molecule has 3 aromatic carbocycles. The van der Waals surface area contributed by atoms with E-state index in [-0.39, 0.29) is 0 Å². The van der Waals surface area contributed by atoms with Crippen molar-refractivity contribution in [3.63, 3.8) is 0 Å². The summed E-state index contributed by atoms with van der Waals surface area (Å²) in [5.41, 5.74) is 4.51. The molecule has 0 spiro atoms. The molecule has 4 heteroatoms. The van der Waals surface area contributed by atoms with Gasteiger partial charge in [0.15, 0.2) is 11.5 Å². The number of benzene rings is 3. The number of para-hydroxylation sites is 2. The Labute approximate surface area is 195 Å². The van der Waals surface area contributed by atoms with Crippen molar-refractivity contribution in [1.29, 1.82) is 0 Å². The number of ether oxygens (including phenoxy) is 2. The number of allylic oxidation sites excluding steroid dienone is 1. The van der Waals surface area contributed by atoms with E-state index in [1.165, 1.54) is 0 Å². The van der Waals surface area contributed by atoms with Gasteiger partial charge in [0.05, 0.1) is 24.8 Å². The minimum atomic E-state index is 0.638. The Balaban J connectivity index is 1.39. The quantitative estimate of drug-likeness (QED) is 0.191. The zero-order valence-corrected chi connectivity index (χ0v) is 19.1. The average Bonchev–Trinajstić information content (AvgIpc) is 3.21. The summed E-state index contributed by atoms with van der Waals surface area (Å²) < 4.78 is 13.8.